The fraction of sp³-hybridized carbons (Fsp3) is 0.792. The maximum absolute atomic E-state index is 11.9. The summed E-state index contributed by atoms with van der Waals surface area (Å²) in [4.78, 5) is 11.9. The Morgan fingerprint density at radius 3 is 2.37 bits per heavy atom. The second kappa shape index (κ2) is 11.4. The molecule has 35 heavy (non-hydrogen) atoms. The number of aliphatic hydroxyl groups excluding tert-OH is 6. The molecule has 1 aliphatic carbocycles. The van der Waals surface area contributed by atoms with Crippen LogP contribution in [-0.4, -0.2) is 111 Å². The molecule has 2 fully saturated rings. The van der Waals surface area contributed by atoms with Crippen molar-refractivity contribution in [1.82, 2.24) is 0 Å². The quantitative estimate of drug-likeness (QED) is 0.230. The molecule has 0 aromatic heterocycles. The van der Waals surface area contributed by atoms with Gasteiger partial charge in [-0.05, 0) is 25.3 Å². The minimum absolute atomic E-state index is 0.0211. The first-order valence-corrected chi connectivity index (χ1v) is 11.8. The summed E-state index contributed by atoms with van der Waals surface area (Å²) < 4.78 is 22.0. The molecule has 0 aromatic rings. The molecule has 6 N–H and O–H groups in total. The van der Waals surface area contributed by atoms with E-state index < -0.39 is 61.4 Å². The van der Waals surface area contributed by atoms with Gasteiger partial charge in [0.2, 0.25) is 0 Å². The molecule has 3 aliphatic rings. The summed E-state index contributed by atoms with van der Waals surface area (Å²) in [5.74, 6) is 0.116. The molecule has 0 radical (unpaired) electrons. The second-order valence-electron chi connectivity index (χ2n) is 10.3. The van der Waals surface area contributed by atoms with Gasteiger partial charge in [0, 0.05) is 12.3 Å². The van der Waals surface area contributed by atoms with Crippen molar-refractivity contribution in [3.05, 3.63) is 23.8 Å². The van der Waals surface area contributed by atoms with Crippen LogP contribution in [0.2, 0.25) is 0 Å². The fourth-order valence-electron chi connectivity index (χ4n) is 4.79. The monoisotopic (exact) mass is 502 g/mol. The van der Waals surface area contributed by atoms with Crippen molar-refractivity contribution in [2.24, 2.45) is 11.3 Å². The number of hydrogen-bond acceptors (Lipinski definition) is 11. The van der Waals surface area contributed by atoms with Gasteiger partial charge in [0.25, 0.3) is 0 Å². The van der Waals surface area contributed by atoms with Crippen LogP contribution < -0.4 is 0 Å². The molecular formula is C24H38O11. The van der Waals surface area contributed by atoms with E-state index in [1.807, 2.05) is 26.8 Å². The van der Waals surface area contributed by atoms with E-state index >= 15 is 0 Å². The van der Waals surface area contributed by atoms with Gasteiger partial charge in [0.15, 0.2) is 18.4 Å². The van der Waals surface area contributed by atoms with Gasteiger partial charge in [0.05, 0.1) is 19.3 Å². The molecule has 11 heteroatoms. The first-order valence-electron chi connectivity index (χ1n) is 11.8. The number of carbonyl (C=O) groups is 1. The predicted molar refractivity (Wildman–Crippen MR) is 121 cm³/mol. The summed E-state index contributed by atoms with van der Waals surface area (Å²) in [7, 11) is 0. The molecule has 200 valence electrons. The zero-order chi connectivity index (χ0) is 26.1. The number of ether oxygens (including phenoxy) is 4. The topological polar surface area (TPSA) is 175 Å². The van der Waals surface area contributed by atoms with Crippen molar-refractivity contribution in [1.29, 1.82) is 0 Å². The fourth-order valence-corrected chi connectivity index (χ4v) is 4.79. The minimum atomic E-state index is -1.59. The summed E-state index contributed by atoms with van der Waals surface area (Å²) in [6.07, 6.45) is -7.31. The lowest BCUT2D eigenvalue weighted by Crippen LogP contribution is -2.60. The van der Waals surface area contributed by atoms with Gasteiger partial charge in [-0.1, -0.05) is 31.6 Å². The molecule has 0 aromatic carbocycles. The Bertz CT molecular complexity index is 796. The average molecular weight is 503 g/mol. The first-order chi connectivity index (χ1) is 16.3. The molecule has 0 bridgehead atoms. The highest BCUT2D eigenvalue weighted by atomic mass is 16.7. The number of carbonyl (C=O) groups excluding carboxylic acids is 1. The Morgan fingerprint density at radius 1 is 1.06 bits per heavy atom. The van der Waals surface area contributed by atoms with Gasteiger partial charge in [-0.3, -0.25) is 4.79 Å². The van der Waals surface area contributed by atoms with Gasteiger partial charge in [-0.25, -0.2) is 0 Å². The number of aliphatic hydroxyl groups is 6. The largest absolute Gasteiger partial charge is 0.388 e. The molecule has 0 amide bonds. The average Bonchev–Trinajstić information content (AvgIpc) is 2.76. The summed E-state index contributed by atoms with van der Waals surface area (Å²) in [5, 5.41) is 60.3. The van der Waals surface area contributed by atoms with Gasteiger partial charge in [-0.15, -0.1) is 0 Å². The highest BCUT2D eigenvalue weighted by Crippen LogP contribution is 2.40. The van der Waals surface area contributed by atoms with Crippen LogP contribution in [0.4, 0.5) is 0 Å². The zero-order valence-corrected chi connectivity index (χ0v) is 20.4. The van der Waals surface area contributed by atoms with E-state index in [1.54, 1.807) is 19.1 Å². The third-order valence-corrected chi connectivity index (χ3v) is 6.82. The molecule has 2 saturated heterocycles. The van der Waals surface area contributed by atoms with Crippen molar-refractivity contribution >= 4 is 5.78 Å². The lowest BCUT2D eigenvalue weighted by atomic mass is 9.68. The van der Waals surface area contributed by atoms with Gasteiger partial charge in [0.1, 0.15) is 42.7 Å². The lowest BCUT2D eigenvalue weighted by molar-refractivity contribution is -0.324. The molecule has 11 atom stereocenters. The predicted octanol–water partition coefficient (Wildman–Crippen LogP) is -1.23. The van der Waals surface area contributed by atoms with Gasteiger partial charge >= 0.3 is 0 Å². The summed E-state index contributed by atoms with van der Waals surface area (Å²) >= 11 is 0. The Kier molecular flexibility index (Phi) is 9.25. The van der Waals surface area contributed by atoms with E-state index in [1.165, 1.54) is 0 Å². The Hall–Kier alpha value is -1.25. The summed E-state index contributed by atoms with van der Waals surface area (Å²) in [6, 6.07) is 0. The van der Waals surface area contributed by atoms with Gasteiger partial charge in [-0.2, -0.15) is 0 Å². The molecule has 0 spiro atoms. The molecule has 11 unspecified atom stereocenters. The van der Waals surface area contributed by atoms with E-state index in [4.69, 9.17) is 18.9 Å². The molecule has 11 nitrogen and oxygen atoms in total. The molecular weight excluding hydrogens is 464 g/mol. The van der Waals surface area contributed by atoms with Crippen LogP contribution in [0.3, 0.4) is 0 Å². The molecule has 3 rings (SSSR count). The number of ketones is 1. The van der Waals surface area contributed by atoms with Crippen molar-refractivity contribution in [3.8, 4) is 0 Å². The Labute approximate surface area is 204 Å². The maximum Gasteiger partial charge on any atom is 0.187 e. The van der Waals surface area contributed by atoms with Crippen molar-refractivity contribution in [2.45, 2.75) is 95.5 Å². The van der Waals surface area contributed by atoms with E-state index in [-0.39, 0.29) is 30.3 Å². The number of hydrogen-bond donors (Lipinski definition) is 6. The van der Waals surface area contributed by atoms with Crippen molar-refractivity contribution < 1.29 is 54.4 Å². The van der Waals surface area contributed by atoms with Crippen LogP contribution in [0.1, 0.15) is 34.1 Å². The Morgan fingerprint density at radius 2 is 1.71 bits per heavy atom. The van der Waals surface area contributed by atoms with E-state index in [0.717, 1.165) is 5.57 Å². The highest BCUT2D eigenvalue weighted by Gasteiger charge is 2.46. The normalized spacial score (nSPS) is 43.3. The van der Waals surface area contributed by atoms with Crippen LogP contribution in [0.25, 0.3) is 0 Å². The van der Waals surface area contributed by atoms with Crippen LogP contribution in [0, 0.1) is 11.3 Å². The number of rotatable bonds is 7. The van der Waals surface area contributed by atoms with Crippen molar-refractivity contribution in [2.75, 3.05) is 13.2 Å². The summed E-state index contributed by atoms with van der Waals surface area (Å²) in [6.45, 7) is 7.06. The van der Waals surface area contributed by atoms with E-state index in [9.17, 15) is 35.4 Å². The minimum Gasteiger partial charge on any atom is -0.388 e. The lowest BCUT2D eigenvalue weighted by Gasteiger charge is -2.42. The maximum atomic E-state index is 11.9. The first kappa shape index (κ1) is 28.3. The molecule has 2 aliphatic heterocycles. The molecule has 0 saturated carbocycles. The SMILES string of the molecule is CC1=CC(=O)CC(C)(C)C1C=CC(C)OC1OC(COC2OCC(O)C(O)C2O)C(O)C(O)C1O. The van der Waals surface area contributed by atoms with E-state index in [0.29, 0.717) is 6.42 Å². The smallest absolute Gasteiger partial charge is 0.187 e. The van der Waals surface area contributed by atoms with Gasteiger partial charge < -0.3 is 49.6 Å². The van der Waals surface area contributed by atoms with Crippen molar-refractivity contribution in [3.63, 3.8) is 0 Å². The molecule has 2 heterocycles. The number of allylic oxidation sites excluding steroid dienone is 3. The summed E-state index contributed by atoms with van der Waals surface area (Å²) in [5.41, 5.74) is 0.689. The Balaban J connectivity index is 1.60. The van der Waals surface area contributed by atoms with E-state index in [2.05, 4.69) is 0 Å². The van der Waals surface area contributed by atoms with Crippen LogP contribution in [-0.2, 0) is 23.7 Å². The third kappa shape index (κ3) is 6.55. The standard InChI is InChI=1S/C24H38O11/c1-11-7-13(25)8-24(3,4)14(11)6-5-12(2)34-23-21(31)19(29)18(28)16(35-23)10-33-22-20(30)17(27)15(26)9-32-22/h5-7,12,14-23,26-31H,8-10H2,1-4H3. The highest BCUT2D eigenvalue weighted by molar-refractivity contribution is 5.92. The van der Waals surface area contributed by atoms with Crippen LogP contribution >= 0.6 is 0 Å². The van der Waals surface area contributed by atoms with Crippen LogP contribution in [0.5, 0.6) is 0 Å². The zero-order valence-electron chi connectivity index (χ0n) is 20.4. The third-order valence-electron chi connectivity index (χ3n) is 6.82. The van der Waals surface area contributed by atoms with Crippen LogP contribution in [0.15, 0.2) is 23.8 Å². The second-order valence-corrected chi connectivity index (χ2v) is 10.3.